The first-order chi connectivity index (χ1) is 11.0. The number of aryl methyl sites for hydroxylation is 3. The largest absolute Gasteiger partial charge is 0.331 e. The van der Waals surface area contributed by atoms with Gasteiger partial charge in [-0.15, -0.1) is 11.3 Å². The molecule has 0 fully saturated rings. The zero-order chi connectivity index (χ0) is 16.4. The third-order valence-electron chi connectivity index (χ3n) is 3.64. The van der Waals surface area contributed by atoms with Crippen molar-refractivity contribution in [2.75, 3.05) is 5.32 Å². The van der Waals surface area contributed by atoms with Gasteiger partial charge in [-0.1, -0.05) is 18.2 Å². The van der Waals surface area contributed by atoms with Gasteiger partial charge >= 0.3 is 0 Å². The standard InChI is InChI=1S/C17H18N4OS/c1-11-16(23-13(3)19-11)17(22)20-15-7-5-4-6-14(15)10-21-9-8-18-12(21)2/h4-9H,10H2,1-3H3,(H,20,22). The van der Waals surface area contributed by atoms with Gasteiger partial charge in [0.1, 0.15) is 10.7 Å². The molecular formula is C17H18N4OS. The summed E-state index contributed by atoms with van der Waals surface area (Å²) < 4.78 is 2.05. The van der Waals surface area contributed by atoms with Crippen LogP contribution in [-0.2, 0) is 6.54 Å². The molecule has 3 aromatic rings. The number of para-hydroxylation sites is 1. The second-order valence-electron chi connectivity index (χ2n) is 5.36. The molecule has 1 aromatic carbocycles. The molecule has 0 aliphatic carbocycles. The summed E-state index contributed by atoms with van der Waals surface area (Å²) in [6, 6.07) is 7.83. The van der Waals surface area contributed by atoms with Gasteiger partial charge in [0.15, 0.2) is 0 Å². The SMILES string of the molecule is Cc1nc(C)c(C(=O)Nc2ccccc2Cn2ccnc2C)s1. The van der Waals surface area contributed by atoms with E-state index in [9.17, 15) is 4.79 Å². The molecular weight excluding hydrogens is 308 g/mol. The summed E-state index contributed by atoms with van der Waals surface area (Å²) in [5.41, 5.74) is 2.63. The van der Waals surface area contributed by atoms with Crippen molar-refractivity contribution in [3.8, 4) is 0 Å². The van der Waals surface area contributed by atoms with Gasteiger partial charge in [0.2, 0.25) is 0 Å². The molecule has 0 aliphatic rings. The molecule has 3 rings (SSSR count). The van der Waals surface area contributed by atoms with Gasteiger partial charge in [-0.25, -0.2) is 9.97 Å². The van der Waals surface area contributed by atoms with Crippen LogP contribution in [0.4, 0.5) is 5.69 Å². The van der Waals surface area contributed by atoms with E-state index < -0.39 is 0 Å². The third-order valence-corrected chi connectivity index (χ3v) is 4.71. The summed E-state index contributed by atoms with van der Waals surface area (Å²) in [6.45, 7) is 6.40. The van der Waals surface area contributed by atoms with E-state index in [0.29, 0.717) is 11.4 Å². The minimum absolute atomic E-state index is 0.108. The van der Waals surface area contributed by atoms with Crippen molar-refractivity contribution in [3.05, 3.63) is 63.6 Å². The van der Waals surface area contributed by atoms with Crippen molar-refractivity contribution in [1.82, 2.24) is 14.5 Å². The minimum atomic E-state index is -0.108. The molecule has 0 spiro atoms. The number of aromatic nitrogens is 3. The highest BCUT2D eigenvalue weighted by Gasteiger charge is 2.15. The predicted octanol–water partition coefficient (Wildman–Crippen LogP) is 3.57. The van der Waals surface area contributed by atoms with E-state index in [1.165, 1.54) is 11.3 Å². The fourth-order valence-electron chi connectivity index (χ4n) is 2.46. The number of nitrogens with zero attached hydrogens (tertiary/aromatic N) is 3. The predicted molar refractivity (Wildman–Crippen MR) is 92.0 cm³/mol. The Hall–Kier alpha value is -2.47. The summed E-state index contributed by atoms with van der Waals surface area (Å²) in [5, 5.41) is 3.91. The molecule has 0 saturated carbocycles. The summed E-state index contributed by atoms with van der Waals surface area (Å²) in [7, 11) is 0. The Labute approximate surface area is 139 Å². The lowest BCUT2D eigenvalue weighted by Gasteiger charge is -2.12. The highest BCUT2D eigenvalue weighted by molar-refractivity contribution is 7.13. The molecule has 1 N–H and O–H groups in total. The van der Waals surface area contributed by atoms with Crippen LogP contribution in [-0.4, -0.2) is 20.4 Å². The summed E-state index contributed by atoms with van der Waals surface area (Å²) in [6.07, 6.45) is 3.71. The molecule has 0 aliphatic heterocycles. The molecule has 1 amide bonds. The Morgan fingerprint density at radius 2 is 2.04 bits per heavy atom. The average Bonchev–Trinajstić information content (AvgIpc) is 3.06. The number of rotatable bonds is 4. The van der Waals surface area contributed by atoms with E-state index in [2.05, 4.69) is 15.3 Å². The van der Waals surface area contributed by atoms with E-state index in [-0.39, 0.29) is 5.91 Å². The van der Waals surface area contributed by atoms with Gasteiger partial charge in [-0.3, -0.25) is 4.79 Å². The smallest absolute Gasteiger partial charge is 0.267 e. The van der Waals surface area contributed by atoms with Crippen molar-refractivity contribution >= 4 is 22.9 Å². The Balaban J connectivity index is 1.84. The van der Waals surface area contributed by atoms with Crippen molar-refractivity contribution in [3.63, 3.8) is 0 Å². The van der Waals surface area contributed by atoms with Crippen LogP contribution >= 0.6 is 11.3 Å². The molecule has 23 heavy (non-hydrogen) atoms. The van der Waals surface area contributed by atoms with Gasteiger partial charge in [-0.2, -0.15) is 0 Å². The van der Waals surface area contributed by atoms with E-state index in [1.54, 1.807) is 6.20 Å². The quantitative estimate of drug-likeness (QED) is 0.797. The van der Waals surface area contributed by atoms with Crippen molar-refractivity contribution in [2.24, 2.45) is 0 Å². The fourth-order valence-corrected chi connectivity index (χ4v) is 3.27. The van der Waals surface area contributed by atoms with Gasteiger partial charge in [0, 0.05) is 18.1 Å². The molecule has 2 aromatic heterocycles. The van der Waals surface area contributed by atoms with Gasteiger partial charge in [0.05, 0.1) is 17.2 Å². The molecule has 6 heteroatoms. The second-order valence-corrected chi connectivity index (χ2v) is 6.56. The van der Waals surface area contributed by atoms with E-state index >= 15 is 0 Å². The first-order valence-electron chi connectivity index (χ1n) is 7.35. The number of anilines is 1. The van der Waals surface area contributed by atoms with Crippen LogP contribution in [0.1, 0.15) is 31.8 Å². The maximum absolute atomic E-state index is 12.5. The van der Waals surface area contributed by atoms with Crippen LogP contribution < -0.4 is 5.32 Å². The first-order valence-corrected chi connectivity index (χ1v) is 8.17. The van der Waals surface area contributed by atoms with Gasteiger partial charge in [0.25, 0.3) is 5.91 Å². The van der Waals surface area contributed by atoms with E-state index in [0.717, 1.165) is 27.8 Å². The first kappa shape index (κ1) is 15.4. The number of nitrogens with one attached hydrogen (secondary N) is 1. The fraction of sp³-hybridized carbons (Fsp3) is 0.235. The molecule has 0 saturated heterocycles. The van der Waals surface area contributed by atoms with Crippen LogP contribution in [0.25, 0.3) is 0 Å². The number of thiazole rings is 1. The average molecular weight is 326 g/mol. The molecule has 0 unspecified atom stereocenters. The lowest BCUT2D eigenvalue weighted by atomic mass is 10.1. The zero-order valence-electron chi connectivity index (χ0n) is 13.3. The summed E-state index contributed by atoms with van der Waals surface area (Å²) >= 11 is 1.42. The Morgan fingerprint density at radius 1 is 1.26 bits per heavy atom. The Kier molecular flexibility index (Phi) is 4.25. The summed E-state index contributed by atoms with van der Waals surface area (Å²) in [4.78, 5) is 21.7. The molecule has 0 atom stereocenters. The zero-order valence-corrected chi connectivity index (χ0v) is 14.1. The number of carbonyl (C=O) groups is 1. The third kappa shape index (κ3) is 3.32. The number of hydrogen-bond acceptors (Lipinski definition) is 4. The van der Waals surface area contributed by atoms with Crippen LogP contribution in [0.15, 0.2) is 36.7 Å². The number of benzene rings is 1. The van der Waals surface area contributed by atoms with Crippen LogP contribution in [0, 0.1) is 20.8 Å². The Bertz CT molecular complexity index is 850. The number of imidazole rings is 1. The van der Waals surface area contributed by atoms with E-state index in [4.69, 9.17) is 0 Å². The van der Waals surface area contributed by atoms with Crippen LogP contribution in [0.3, 0.4) is 0 Å². The highest BCUT2D eigenvalue weighted by atomic mass is 32.1. The number of amides is 1. The van der Waals surface area contributed by atoms with Crippen molar-refractivity contribution in [2.45, 2.75) is 27.3 Å². The van der Waals surface area contributed by atoms with E-state index in [1.807, 2.05) is 55.8 Å². The molecule has 118 valence electrons. The molecule has 2 heterocycles. The number of hydrogen-bond donors (Lipinski definition) is 1. The van der Waals surface area contributed by atoms with Crippen molar-refractivity contribution in [1.29, 1.82) is 0 Å². The molecule has 0 bridgehead atoms. The maximum atomic E-state index is 12.5. The monoisotopic (exact) mass is 326 g/mol. The molecule has 0 radical (unpaired) electrons. The van der Waals surface area contributed by atoms with Crippen molar-refractivity contribution < 1.29 is 4.79 Å². The van der Waals surface area contributed by atoms with Crippen LogP contribution in [0.2, 0.25) is 0 Å². The summed E-state index contributed by atoms with van der Waals surface area (Å²) in [5.74, 6) is 0.836. The minimum Gasteiger partial charge on any atom is -0.331 e. The van der Waals surface area contributed by atoms with Gasteiger partial charge in [-0.05, 0) is 32.4 Å². The normalized spacial score (nSPS) is 10.7. The topological polar surface area (TPSA) is 59.8 Å². The van der Waals surface area contributed by atoms with Crippen LogP contribution in [0.5, 0.6) is 0 Å². The number of carbonyl (C=O) groups excluding carboxylic acids is 1. The molecule has 5 nitrogen and oxygen atoms in total. The maximum Gasteiger partial charge on any atom is 0.267 e. The Morgan fingerprint density at radius 3 is 2.70 bits per heavy atom. The highest BCUT2D eigenvalue weighted by Crippen LogP contribution is 2.22. The second kappa shape index (κ2) is 6.34. The lowest BCUT2D eigenvalue weighted by Crippen LogP contribution is -2.14. The van der Waals surface area contributed by atoms with Gasteiger partial charge < -0.3 is 9.88 Å². The lowest BCUT2D eigenvalue weighted by molar-refractivity contribution is 0.102.